The largest absolute Gasteiger partial charge is 0.334 e. The van der Waals surface area contributed by atoms with Gasteiger partial charge in [0, 0.05) is 12.8 Å². The Morgan fingerprint density at radius 1 is 0.762 bits per heavy atom. The molecule has 0 radical (unpaired) electrons. The Labute approximate surface area is 122 Å². The number of carbonyl (C=O) groups is 2. The van der Waals surface area contributed by atoms with E-state index in [4.69, 9.17) is 0 Å². The highest BCUT2D eigenvalue weighted by Gasteiger charge is 2.36. The molecule has 0 saturated heterocycles. The third-order valence-corrected chi connectivity index (χ3v) is 4.74. The molecule has 2 rings (SSSR count). The number of hydrogen-bond acceptors (Lipinski definition) is 3. The lowest BCUT2D eigenvalue weighted by Gasteiger charge is -2.09. The molecule has 0 unspecified atom stereocenters. The molecule has 108 valence electrons. The van der Waals surface area contributed by atoms with E-state index in [2.05, 4.69) is 0 Å². The third-order valence-electron chi connectivity index (χ3n) is 3.07. The smallest absolute Gasteiger partial charge is 0.328 e. The zero-order valence-corrected chi connectivity index (χ0v) is 12.2. The van der Waals surface area contributed by atoms with Crippen LogP contribution in [0.5, 0.6) is 0 Å². The molecule has 0 bridgehead atoms. The molecule has 0 spiro atoms. The first-order chi connectivity index (χ1) is 10.00. The molecule has 0 aliphatic heterocycles. The lowest BCUT2D eigenvalue weighted by atomic mass is 10.2. The Morgan fingerprint density at radius 2 is 1.10 bits per heavy atom. The molecule has 2 aromatic rings. The predicted molar refractivity (Wildman–Crippen MR) is 80.1 cm³/mol. The molecule has 0 heterocycles. The van der Waals surface area contributed by atoms with E-state index in [1.807, 2.05) is 0 Å². The number of hydrogen-bond donors (Lipinski definition) is 1. The average molecular weight is 302 g/mol. The van der Waals surface area contributed by atoms with Gasteiger partial charge in [-0.3, -0.25) is 14.2 Å². The minimum Gasteiger partial charge on any atom is -0.334 e. The zero-order valence-electron chi connectivity index (χ0n) is 11.3. The minimum atomic E-state index is -4.48. The fourth-order valence-electron chi connectivity index (χ4n) is 1.89. The predicted octanol–water partition coefficient (Wildman–Crippen LogP) is 2.80. The second kappa shape index (κ2) is 6.61. The lowest BCUT2D eigenvalue weighted by molar-refractivity contribution is -0.115. The van der Waals surface area contributed by atoms with Crippen molar-refractivity contribution in [2.75, 3.05) is 0 Å². The SMILES string of the molecule is O=C(Cc1ccccc1)P(=O)(O)C(=O)Cc1ccccc1. The lowest BCUT2D eigenvalue weighted by Crippen LogP contribution is -2.13. The van der Waals surface area contributed by atoms with E-state index in [1.54, 1.807) is 60.7 Å². The van der Waals surface area contributed by atoms with E-state index >= 15 is 0 Å². The van der Waals surface area contributed by atoms with E-state index in [9.17, 15) is 19.0 Å². The van der Waals surface area contributed by atoms with Crippen molar-refractivity contribution < 1.29 is 19.0 Å². The van der Waals surface area contributed by atoms with Crippen molar-refractivity contribution in [1.82, 2.24) is 0 Å². The van der Waals surface area contributed by atoms with Gasteiger partial charge in [0.25, 0.3) is 0 Å². The van der Waals surface area contributed by atoms with Gasteiger partial charge in [-0.25, -0.2) is 0 Å². The second-order valence-electron chi connectivity index (χ2n) is 4.69. The van der Waals surface area contributed by atoms with Gasteiger partial charge in [-0.05, 0) is 11.1 Å². The molecular weight excluding hydrogens is 287 g/mol. The first kappa shape index (κ1) is 15.4. The van der Waals surface area contributed by atoms with Gasteiger partial charge in [0.2, 0.25) is 11.0 Å². The van der Waals surface area contributed by atoms with Crippen LogP contribution in [0.3, 0.4) is 0 Å². The van der Waals surface area contributed by atoms with Gasteiger partial charge in [-0.2, -0.15) is 0 Å². The standard InChI is InChI=1S/C16H15O4P/c17-15(11-13-7-3-1-4-8-13)21(19,20)16(18)12-14-9-5-2-6-10-14/h1-10H,11-12H2,(H,19,20). The van der Waals surface area contributed by atoms with E-state index in [-0.39, 0.29) is 12.8 Å². The summed E-state index contributed by atoms with van der Waals surface area (Å²) in [7, 11) is -4.48. The maximum atomic E-state index is 12.1. The van der Waals surface area contributed by atoms with Crippen molar-refractivity contribution in [3.63, 3.8) is 0 Å². The Kier molecular flexibility index (Phi) is 4.84. The number of benzene rings is 2. The topological polar surface area (TPSA) is 71.4 Å². The molecule has 0 saturated carbocycles. The molecule has 0 amide bonds. The van der Waals surface area contributed by atoms with Gasteiger partial charge in [-0.15, -0.1) is 0 Å². The highest BCUT2D eigenvalue weighted by molar-refractivity contribution is 7.89. The minimum absolute atomic E-state index is 0.213. The van der Waals surface area contributed by atoms with Crippen LogP contribution in [0.4, 0.5) is 0 Å². The van der Waals surface area contributed by atoms with Crippen molar-refractivity contribution in [3.8, 4) is 0 Å². The van der Waals surface area contributed by atoms with E-state index in [0.717, 1.165) is 0 Å². The fraction of sp³-hybridized carbons (Fsp3) is 0.125. The van der Waals surface area contributed by atoms with Crippen molar-refractivity contribution in [2.45, 2.75) is 12.8 Å². The van der Waals surface area contributed by atoms with Crippen LogP contribution in [-0.2, 0) is 27.0 Å². The highest BCUT2D eigenvalue weighted by Crippen LogP contribution is 2.44. The third kappa shape index (κ3) is 3.97. The molecule has 4 nitrogen and oxygen atoms in total. The van der Waals surface area contributed by atoms with Crippen molar-refractivity contribution >= 4 is 18.4 Å². The van der Waals surface area contributed by atoms with E-state index in [0.29, 0.717) is 11.1 Å². The van der Waals surface area contributed by atoms with Crippen LogP contribution in [0.25, 0.3) is 0 Å². The van der Waals surface area contributed by atoms with Crippen LogP contribution in [0.15, 0.2) is 60.7 Å². The van der Waals surface area contributed by atoms with Crippen LogP contribution < -0.4 is 0 Å². The first-order valence-electron chi connectivity index (χ1n) is 6.47. The van der Waals surface area contributed by atoms with Gasteiger partial charge in [-0.1, -0.05) is 60.7 Å². The molecule has 5 heteroatoms. The molecular formula is C16H15O4P. The van der Waals surface area contributed by atoms with Gasteiger partial charge < -0.3 is 4.89 Å². The van der Waals surface area contributed by atoms with Crippen LogP contribution >= 0.6 is 7.37 Å². The fourth-order valence-corrected chi connectivity index (χ4v) is 2.97. The molecule has 0 atom stereocenters. The van der Waals surface area contributed by atoms with Crippen LogP contribution in [0, 0.1) is 0 Å². The van der Waals surface area contributed by atoms with Crippen molar-refractivity contribution in [2.24, 2.45) is 0 Å². The average Bonchev–Trinajstić information content (AvgIpc) is 2.49. The Bertz CT molecular complexity index is 622. The normalized spacial score (nSPS) is 11.1. The summed E-state index contributed by atoms with van der Waals surface area (Å²) in [5.41, 5.74) is -0.613. The van der Waals surface area contributed by atoms with Crippen LogP contribution in [0.1, 0.15) is 11.1 Å². The second-order valence-corrected chi connectivity index (χ2v) is 6.84. The Morgan fingerprint density at radius 3 is 1.43 bits per heavy atom. The summed E-state index contributed by atoms with van der Waals surface area (Å²) in [6.45, 7) is 0. The van der Waals surface area contributed by atoms with Gasteiger partial charge in [0.05, 0.1) is 0 Å². The molecule has 1 N–H and O–H groups in total. The molecule has 0 aliphatic rings. The first-order valence-corrected chi connectivity index (χ1v) is 8.13. The molecule has 0 fully saturated rings. The quantitative estimate of drug-likeness (QED) is 0.833. The summed E-state index contributed by atoms with van der Waals surface area (Å²) in [6, 6.07) is 17.2. The van der Waals surface area contributed by atoms with Crippen LogP contribution in [-0.4, -0.2) is 15.9 Å². The molecule has 0 aromatic heterocycles. The van der Waals surface area contributed by atoms with E-state index in [1.165, 1.54) is 0 Å². The van der Waals surface area contributed by atoms with E-state index < -0.39 is 18.4 Å². The summed E-state index contributed by atoms with van der Waals surface area (Å²) in [5.74, 6) is 0. The van der Waals surface area contributed by atoms with Gasteiger partial charge in [0.1, 0.15) is 0 Å². The molecule has 2 aromatic carbocycles. The Balaban J connectivity index is 2.08. The summed E-state index contributed by atoms with van der Waals surface area (Å²) >= 11 is 0. The zero-order chi connectivity index (χ0) is 15.3. The summed E-state index contributed by atoms with van der Waals surface area (Å²) in [5, 5.41) is 0. The number of rotatable bonds is 6. The van der Waals surface area contributed by atoms with Gasteiger partial charge in [0.15, 0.2) is 0 Å². The van der Waals surface area contributed by atoms with Crippen LogP contribution in [0.2, 0.25) is 0 Å². The highest BCUT2D eigenvalue weighted by atomic mass is 31.2. The summed E-state index contributed by atoms with van der Waals surface area (Å²) < 4.78 is 12.1. The number of carbonyl (C=O) groups excluding carboxylic acids is 2. The summed E-state index contributed by atoms with van der Waals surface area (Å²) in [4.78, 5) is 33.7. The maximum absolute atomic E-state index is 12.1. The molecule has 0 aliphatic carbocycles. The molecule has 21 heavy (non-hydrogen) atoms. The van der Waals surface area contributed by atoms with Gasteiger partial charge >= 0.3 is 7.37 Å². The monoisotopic (exact) mass is 302 g/mol. The summed E-state index contributed by atoms with van der Waals surface area (Å²) in [6.07, 6.45) is -0.426. The van der Waals surface area contributed by atoms with Crippen molar-refractivity contribution in [3.05, 3.63) is 71.8 Å². The maximum Gasteiger partial charge on any atom is 0.328 e. The Hall–Kier alpha value is -2.03. The van der Waals surface area contributed by atoms with Crippen molar-refractivity contribution in [1.29, 1.82) is 0 Å².